The lowest BCUT2D eigenvalue weighted by molar-refractivity contribution is -0.128. The van der Waals surface area contributed by atoms with Crippen molar-refractivity contribution in [2.45, 2.75) is 20.4 Å². The Balaban J connectivity index is 1.88. The number of nitrogens with zero attached hydrogens (tertiary/aromatic N) is 1. The lowest BCUT2D eigenvalue weighted by Crippen LogP contribution is -2.42. The zero-order valence-corrected chi connectivity index (χ0v) is 13.1. The van der Waals surface area contributed by atoms with Crippen LogP contribution in [0.1, 0.15) is 25.0 Å². The van der Waals surface area contributed by atoms with Gasteiger partial charge in [-0.1, -0.05) is 74.5 Å². The normalized spacial score (nSPS) is 17.3. The SMILES string of the molecule is CC1(C)CN(Cc2ccccc2)C(=O)C=C1c1ccccc1. The monoisotopic (exact) mass is 291 g/mol. The van der Waals surface area contributed by atoms with Crippen molar-refractivity contribution in [3.63, 3.8) is 0 Å². The molecule has 0 aromatic heterocycles. The molecule has 0 fully saturated rings. The van der Waals surface area contributed by atoms with Crippen molar-refractivity contribution in [2.24, 2.45) is 5.41 Å². The third-order valence-electron chi connectivity index (χ3n) is 4.20. The van der Waals surface area contributed by atoms with Gasteiger partial charge in [-0.2, -0.15) is 0 Å². The van der Waals surface area contributed by atoms with Crippen LogP contribution in [0.4, 0.5) is 0 Å². The van der Waals surface area contributed by atoms with Gasteiger partial charge in [0, 0.05) is 24.6 Å². The van der Waals surface area contributed by atoms with Crippen LogP contribution in [0.2, 0.25) is 0 Å². The largest absolute Gasteiger partial charge is 0.334 e. The number of benzene rings is 2. The van der Waals surface area contributed by atoms with Crippen LogP contribution in [0, 0.1) is 5.41 Å². The molecule has 1 aliphatic heterocycles. The molecular formula is C20H21NO. The van der Waals surface area contributed by atoms with Crippen LogP contribution < -0.4 is 0 Å². The van der Waals surface area contributed by atoms with Crippen LogP contribution in [0.15, 0.2) is 66.7 Å². The summed E-state index contributed by atoms with van der Waals surface area (Å²) >= 11 is 0. The molecule has 0 bridgehead atoms. The van der Waals surface area contributed by atoms with Crippen LogP contribution in [-0.4, -0.2) is 17.4 Å². The molecule has 1 heterocycles. The Morgan fingerprint density at radius 1 is 0.955 bits per heavy atom. The van der Waals surface area contributed by atoms with Gasteiger partial charge in [0.2, 0.25) is 5.91 Å². The highest BCUT2D eigenvalue weighted by atomic mass is 16.2. The molecule has 2 nitrogen and oxygen atoms in total. The minimum Gasteiger partial charge on any atom is -0.334 e. The number of amides is 1. The van der Waals surface area contributed by atoms with E-state index < -0.39 is 0 Å². The van der Waals surface area contributed by atoms with E-state index in [0.29, 0.717) is 6.54 Å². The minimum atomic E-state index is -0.0515. The summed E-state index contributed by atoms with van der Waals surface area (Å²) in [5.74, 6) is 0.0991. The second-order valence-electron chi connectivity index (χ2n) is 6.49. The van der Waals surface area contributed by atoms with Crippen LogP contribution in [0.3, 0.4) is 0 Å². The van der Waals surface area contributed by atoms with E-state index in [1.165, 1.54) is 5.56 Å². The Morgan fingerprint density at radius 2 is 1.55 bits per heavy atom. The highest BCUT2D eigenvalue weighted by molar-refractivity contribution is 5.98. The van der Waals surface area contributed by atoms with Gasteiger partial charge in [0.1, 0.15) is 0 Å². The molecule has 2 heteroatoms. The number of rotatable bonds is 3. The van der Waals surface area contributed by atoms with Gasteiger partial charge in [-0.15, -0.1) is 0 Å². The van der Waals surface area contributed by atoms with Gasteiger partial charge in [0.25, 0.3) is 0 Å². The maximum atomic E-state index is 12.5. The molecule has 2 aromatic carbocycles. The molecular weight excluding hydrogens is 270 g/mol. The summed E-state index contributed by atoms with van der Waals surface area (Å²) in [6.07, 6.45) is 1.81. The predicted octanol–water partition coefficient (Wildman–Crippen LogP) is 4.14. The first-order chi connectivity index (χ1) is 10.6. The van der Waals surface area contributed by atoms with Gasteiger partial charge in [-0.3, -0.25) is 4.79 Å². The molecule has 0 atom stereocenters. The highest BCUT2D eigenvalue weighted by Gasteiger charge is 2.33. The molecule has 2 aromatic rings. The number of hydrogen-bond donors (Lipinski definition) is 0. The van der Waals surface area contributed by atoms with E-state index >= 15 is 0 Å². The molecule has 112 valence electrons. The fraction of sp³-hybridized carbons (Fsp3) is 0.250. The average molecular weight is 291 g/mol. The van der Waals surface area contributed by atoms with Gasteiger partial charge in [0.15, 0.2) is 0 Å². The van der Waals surface area contributed by atoms with E-state index in [1.807, 2.05) is 47.4 Å². The molecule has 0 N–H and O–H groups in total. The standard InChI is InChI=1S/C20H21NO/c1-20(2)15-21(14-16-9-5-3-6-10-16)19(22)13-18(20)17-11-7-4-8-12-17/h3-13H,14-15H2,1-2H3. The highest BCUT2D eigenvalue weighted by Crippen LogP contribution is 2.38. The van der Waals surface area contributed by atoms with Gasteiger partial charge in [-0.25, -0.2) is 0 Å². The molecule has 0 aliphatic carbocycles. The molecule has 1 amide bonds. The van der Waals surface area contributed by atoms with Crippen LogP contribution in [-0.2, 0) is 11.3 Å². The Morgan fingerprint density at radius 3 is 2.18 bits per heavy atom. The third kappa shape index (κ3) is 2.96. The molecule has 0 saturated carbocycles. The Kier molecular flexibility index (Phi) is 3.84. The van der Waals surface area contributed by atoms with Crippen molar-refractivity contribution in [1.29, 1.82) is 0 Å². The van der Waals surface area contributed by atoms with E-state index in [0.717, 1.165) is 17.7 Å². The first-order valence-electron chi connectivity index (χ1n) is 7.67. The topological polar surface area (TPSA) is 20.3 Å². The van der Waals surface area contributed by atoms with Crippen molar-refractivity contribution < 1.29 is 4.79 Å². The molecule has 0 unspecified atom stereocenters. The number of carbonyl (C=O) groups is 1. The maximum Gasteiger partial charge on any atom is 0.247 e. The first-order valence-corrected chi connectivity index (χ1v) is 7.67. The fourth-order valence-corrected chi connectivity index (χ4v) is 3.08. The maximum absolute atomic E-state index is 12.5. The lowest BCUT2D eigenvalue weighted by Gasteiger charge is -2.38. The molecule has 3 rings (SSSR count). The van der Waals surface area contributed by atoms with E-state index in [1.54, 1.807) is 0 Å². The summed E-state index contributed by atoms with van der Waals surface area (Å²) in [7, 11) is 0. The predicted molar refractivity (Wildman–Crippen MR) is 90.1 cm³/mol. The summed E-state index contributed by atoms with van der Waals surface area (Å²) in [4.78, 5) is 14.5. The van der Waals surface area contributed by atoms with E-state index in [-0.39, 0.29) is 11.3 Å². The number of carbonyl (C=O) groups excluding carboxylic acids is 1. The smallest absolute Gasteiger partial charge is 0.247 e. The van der Waals surface area contributed by atoms with E-state index in [4.69, 9.17) is 0 Å². The summed E-state index contributed by atoms with van der Waals surface area (Å²) in [6.45, 7) is 5.82. The lowest BCUT2D eigenvalue weighted by atomic mass is 9.77. The van der Waals surface area contributed by atoms with Crippen molar-refractivity contribution in [2.75, 3.05) is 6.54 Å². The van der Waals surface area contributed by atoms with Crippen molar-refractivity contribution in [1.82, 2.24) is 4.90 Å². The zero-order chi connectivity index (χ0) is 15.6. The fourth-order valence-electron chi connectivity index (χ4n) is 3.08. The van der Waals surface area contributed by atoms with E-state index in [9.17, 15) is 4.79 Å². The molecule has 0 spiro atoms. The van der Waals surface area contributed by atoms with Gasteiger partial charge < -0.3 is 4.90 Å². The first kappa shape index (κ1) is 14.6. The van der Waals surface area contributed by atoms with E-state index in [2.05, 4.69) is 38.1 Å². The molecule has 0 radical (unpaired) electrons. The van der Waals surface area contributed by atoms with Crippen molar-refractivity contribution in [3.05, 3.63) is 77.9 Å². The third-order valence-corrected chi connectivity index (χ3v) is 4.20. The second kappa shape index (κ2) is 5.80. The van der Waals surface area contributed by atoms with Gasteiger partial charge >= 0.3 is 0 Å². The van der Waals surface area contributed by atoms with Gasteiger partial charge in [0.05, 0.1) is 0 Å². The number of hydrogen-bond acceptors (Lipinski definition) is 1. The zero-order valence-electron chi connectivity index (χ0n) is 13.1. The van der Waals surface area contributed by atoms with Crippen molar-refractivity contribution in [3.8, 4) is 0 Å². The summed E-state index contributed by atoms with van der Waals surface area (Å²) in [6, 6.07) is 20.4. The summed E-state index contributed by atoms with van der Waals surface area (Å²) < 4.78 is 0. The molecule has 0 saturated heterocycles. The van der Waals surface area contributed by atoms with Crippen molar-refractivity contribution >= 4 is 11.5 Å². The minimum absolute atomic E-state index is 0.0515. The van der Waals surface area contributed by atoms with Crippen LogP contribution in [0.5, 0.6) is 0 Å². The molecule has 22 heavy (non-hydrogen) atoms. The quantitative estimate of drug-likeness (QED) is 0.832. The van der Waals surface area contributed by atoms with Crippen LogP contribution in [0.25, 0.3) is 5.57 Å². The second-order valence-corrected chi connectivity index (χ2v) is 6.49. The Bertz CT molecular complexity index is 686. The summed E-state index contributed by atoms with van der Waals surface area (Å²) in [5, 5.41) is 0. The Labute approximate surface area is 132 Å². The molecule has 1 aliphatic rings. The van der Waals surface area contributed by atoms with Gasteiger partial charge in [-0.05, 0) is 16.7 Å². The van der Waals surface area contributed by atoms with Crippen LogP contribution >= 0.6 is 0 Å². The average Bonchev–Trinajstić information content (AvgIpc) is 2.52. The summed E-state index contributed by atoms with van der Waals surface area (Å²) in [5.41, 5.74) is 3.38. The Hall–Kier alpha value is -2.35.